The number of ether oxygens (including phenoxy) is 1. The maximum absolute atomic E-state index is 11.3. The Morgan fingerprint density at radius 3 is 2.47 bits per heavy atom. The van der Waals surface area contributed by atoms with Gasteiger partial charge in [0.05, 0.1) is 12.7 Å². The molecule has 1 aliphatic rings. The van der Waals surface area contributed by atoms with E-state index >= 15 is 0 Å². The SMILES string of the molecule is Cc1cc(C)cc(C2CC(=O)CCO2)c1. The zero-order valence-corrected chi connectivity index (χ0v) is 9.25. The molecule has 1 aromatic carbocycles. The van der Waals surface area contributed by atoms with Crippen molar-refractivity contribution in [3.8, 4) is 0 Å². The van der Waals surface area contributed by atoms with Gasteiger partial charge in [0.15, 0.2) is 0 Å². The summed E-state index contributed by atoms with van der Waals surface area (Å²) in [5.74, 6) is 0.311. The van der Waals surface area contributed by atoms with Crippen LogP contribution in [0.5, 0.6) is 0 Å². The van der Waals surface area contributed by atoms with Gasteiger partial charge in [0.1, 0.15) is 5.78 Å². The van der Waals surface area contributed by atoms with Crippen molar-refractivity contribution in [3.63, 3.8) is 0 Å². The van der Waals surface area contributed by atoms with E-state index in [-0.39, 0.29) is 6.10 Å². The lowest BCUT2D eigenvalue weighted by Gasteiger charge is -2.22. The minimum Gasteiger partial charge on any atom is -0.373 e. The van der Waals surface area contributed by atoms with E-state index in [9.17, 15) is 4.79 Å². The highest BCUT2D eigenvalue weighted by atomic mass is 16.5. The average Bonchev–Trinajstić information content (AvgIpc) is 2.16. The Kier molecular flexibility index (Phi) is 2.87. The Hall–Kier alpha value is -1.15. The fourth-order valence-corrected chi connectivity index (χ4v) is 2.09. The van der Waals surface area contributed by atoms with E-state index in [1.165, 1.54) is 11.1 Å². The molecule has 1 atom stereocenters. The first-order valence-electron chi connectivity index (χ1n) is 5.36. The molecule has 15 heavy (non-hydrogen) atoms. The van der Waals surface area contributed by atoms with Crippen LogP contribution in [-0.4, -0.2) is 12.4 Å². The van der Waals surface area contributed by atoms with E-state index in [0.29, 0.717) is 25.2 Å². The molecule has 2 nitrogen and oxygen atoms in total. The predicted octanol–water partition coefficient (Wildman–Crippen LogP) is 2.72. The van der Waals surface area contributed by atoms with E-state index in [0.717, 1.165) is 5.56 Å². The quantitative estimate of drug-likeness (QED) is 0.703. The van der Waals surface area contributed by atoms with Crippen LogP contribution in [0.2, 0.25) is 0 Å². The van der Waals surface area contributed by atoms with Crippen LogP contribution in [0.4, 0.5) is 0 Å². The van der Waals surface area contributed by atoms with Gasteiger partial charge in [-0.15, -0.1) is 0 Å². The van der Waals surface area contributed by atoms with Crippen LogP contribution in [0.25, 0.3) is 0 Å². The Bertz CT molecular complexity index is 362. The zero-order chi connectivity index (χ0) is 10.8. The smallest absolute Gasteiger partial charge is 0.138 e. The molecule has 1 unspecified atom stereocenters. The summed E-state index contributed by atoms with van der Waals surface area (Å²) in [6.07, 6.45) is 1.08. The number of hydrogen-bond acceptors (Lipinski definition) is 2. The van der Waals surface area contributed by atoms with Gasteiger partial charge in [-0.3, -0.25) is 4.79 Å². The van der Waals surface area contributed by atoms with Crippen molar-refractivity contribution in [2.75, 3.05) is 6.61 Å². The first kappa shape index (κ1) is 10.4. The number of ketones is 1. The van der Waals surface area contributed by atoms with Crippen molar-refractivity contribution in [2.45, 2.75) is 32.8 Å². The second-order valence-electron chi connectivity index (χ2n) is 4.27. The molecule has 2 rings (SSSR count). The summed E-state index contributed by atoms with van der Waals surface area (Å²) in [7, 11) is 0. The summed E-state index contributed by atoms with van der Waals surface area (Å²) in [4.78, 5) is 11.3. The minimum atomic E-state index is -0.0233. The number of Topliss-reactive ketones (excluding diaryl/α,β-unsaturated/α-hetero) is 1. The van der Waals surface area contributed by atoms with Gasteiger partial charge in [-0.05, 0) is 19.4 Å². The highest BCUT2D eigenvalue weighted by Gasteiger charge is 2.21. The first-order valence-corrected chi connectivity index (χ1v) is 5.36. The molecule has 1 fully saturated rings. The van der Waals surface area contributed by atoms with Crippen LogP contribution in [-0.2, 0) is 9.53 Å². The molecule has 1 aromatic rings. The number of benzene rings is 1. The van der Waals surface area contributed by atoms with Gasteiger partial charge >= 0.3 is 0 Å². The molecule has 0 spiro atoms. The van der Waals surface area contributed by atoms with E-state index in [2.05, 4.69) is 32.0 Å². The number of hydrogen-bond donors (Lipinski definition) is 0. The third kappa shape index (κ3) is 2.45. The second kappa shape index (κ2) is 4.15. The van der Waals surface area contributed by atoms with E-state index < -0.39 is 0 Å². The van der Waals surface area contributed by atoms with E-state index in [1.807, 2.05) is 0 Å². The minimum absolute atomic E-state index is 0.0233. The zero-order valence-electron chi connectivity index (χ0n) is 9.25. The monoisotopic (exact) mass is 204 g/mol. The molecule has 0 amide bonds. The van der Waals surface area contributed by atoms with Crippen molar-refractivity contribution < 1.29 is 9.53 Å². The largest absolute Gasteiger partial charge is 0.373 e. The molecule has 0 aliphatic carbocycles. The Morgan fingerprint density at radius 2 is 1.87 bits per heavy atom. The van der Waals surface area contributed by atoms with E-state index in [1.54, 1.807) is 0 Å². The van der Waals surface area contributed by atoms with Crippen LogP contribution < -0.4 is 0 Å². The van der Waals surface area contributed by atoms with Crippen molar-refractivity contribution in [2.24, 2.45) is 0 Å². The van der Waals surface area contributed by atoms with Crippen LogP contribution in [0.3, 0.4) is 0 Å². The fourth-order valence-electron chi connectivity index (χ4n) is 2.09. The van der Waals surface area contributed by atoms with Crippen LogP contribution in [0, 0.1) is 13.8 Å². The Morgan fingerprint density at radius 1 is 1.20 bits per heavy atom. The lowest BCUT2D eigenvalue weighted by atomic mass is 9.97. The van der Waals surface area contributed by atoms with Crippen molar-refractivity contribution in [1.29, 1.82) is 0 Å². The average molecular weight is 204 g/mol. The molecule has 80 valence electrons. The summed E-state index contributed by atoms with van der Waals surface area (Å²) in [6.45, 7) is 4.71. The van der Waals surface area contributed by atoms with Gasteiger partial charge in [0.2, 0.25) is 0 Å². The van der Waals surface area contributed by atoms with Gasteiger partial charge in [-0.25, -0.2) is 0 Å². The molecular formula is C13H16O2. The van der Waals surface area contributed by atoms with Gasteiger partial charge < -0.3 is 4.74 Å². The highest BCUT2D eigenvalue weighted by molar-refractivity contribution is 5.79. The maximum atomic E-state index is 11.3. The highest BCUT2D eigenvalue weighted by Crippen LogP contribution is 2.27. The molecular weight excluding hydrogens is 188 g/mol. The standard InChI is InChI=1S/C13H16O2/c1-9-5-10(2)7-11(6-9)13-8-12(14)3-4-15-13/h5-7,13H,3-4,8H2,1-2H3. The lowest BCUT2D eigenvalue weighted by Crippen LogP contribution is -2.19. The lowest BCUT2D eigenvalue weighted by molar-refractivity contribution is -0.128. The molecule has 1 heterocycles. The molecule has 0 aromatic heterocycles. The van der Waals surface area contributed by atoms with Gasteiger partial charge in [0, 0.05) is 12.8 Å². The molecule has 0 bridgehead atoms. The third-order valence-electron chi connectivity index (χ3n) is 2.73. The normalized spacial score (nSPS) is 21.7. The first-order chi connectivity index (χ1) is 7.15. The molecule has 2 heteroatoms. The Labute approximate surface area is 90.3 Å². The maximum Gasteiger partial charge on any atom is 0.138 e. The predicted molar refractivity (Wildman–Crippen MR) is 58.9 cm³/mol. The Balaban J connectivity index is 2.24. The van der Waals surface area contributed by atoms with Gasteiger partial charge in [0.25, 0.3) is 0 Å². The van der Waals surface area contributed by atoms with Crippen LogP contribution in [0.1, 0.15) is 35.6 Å². The number of carbonyl (C=O) groups is 1. The molecule has 0 N–H and O–H groups in total. The molecule has 1 aliphatic heterocycles. The van der Waals surface area contributed by atoms with Crippen LogP contribution >= 0.6 is 0 Å². The summed E-state index contributed by atoms with van der Waals surface area (Å²) >= 11 is 0. The summed E-state index contributed by atoms with van der Waals surface area (Å²) in [5, 5.41) is 0. The van der Waals surface area contributed by atoms with Crippen molar-refractivity contribution in [1.82, 2.24) is 0 Å². The third-order valence-corrected chi connectivity index (χ3v) is 2.73. The molecule has 1 saturated heterocycles. The molecule has 0 radical (unpaired) electrons. The fraction of sp³-hybridized carbons (Fsp3) is 0.462. The van der Waals surface area contributed by atoms with Crippen molar-refractivity contribution in [3.05, 3.63) is 34.9 Å². The van der Waals surface area contributed by atoms with Crippen LogP contribution in [0.15, 0.2) is 18.2 Å². The van der Waals surface area contributed by atoms with Gasteiger partial charge in [-0.2, -0.15) is 0 Å². The molecule has 0 saturated carbocycles. The second-order valence-corrected chi connectivity index (χ2v) is 4.27. The topological polar surface area (TPSA) is 26.3 Å². The van der Waals surface area contributed by atoms with Crippen molar-refractivity contribution >= 4 is 5.78 Å². The number of carbonyl (C=O) groups excluding carboxylic acids is 1. The number of rotatable bonds is 1. The number of aryl methyl sites for hydroxylation is 2. The van der Waals surface area contributed by atoms with Gasteiger partial charge in [-0.1, -0.05) is 29.3 Å². The summed E-state index contributed by atoms with van der Waals surface area (Å²) < 4.78 is 5.62. The summed E-state index contributed by atoms with van der Waals surface area (Å²) in [5.41, 5.74) is 3.60. The summed E-state index contributed by atoms with van der Waals surface area (Å²) in [6, 6.07) is 6.35. The van der Waals surface area contributed by atoms with E-state index in [4.69, 9.17) is 4.74 Å².